The van der Waals surface area contributed by atoms with Gasteiger partial charge in [0.1, 0.15) is 0 Å². The predicted molar refractivity (Wildman–Crippen MR) is 221 cm³/mol. The lowest BCUT2D eigenvalue weighted by Crippen LogP contribution is -2.46. The zero-order valence-electron chi connectivity index (χ0n) is 37.1. The van der Waals surface area contributed by atoms with Crippen LogP contribution in [0.4, 0.5) is 0 Å². The maximum absolute atomic E-state index is 11.7. The van der Waals surface area contributed by atoms with Crippen molar-refractivity contribution in [1.82, 2.24) is 35.1 Å². The van der Waals surface area contributed by atoms with Crippen molar-refractivity contribution in [2.24, 2.45) is 23.7 Å². The zero-order chi connectivity index (χ0) is 40.2. The molecule has 1 fully saturated rings. The second-order valence-electron chi connectivity index (χ2n) is 16.9. The quantitative estimate of drug-likeness (QED) is 0.175. The number of likely N-dealkylation sites (N-methyl/N-ethyl adjacent to an activating group) is 5. The number of piperidine rings is 1. The monoisotopic (exact) mass is 728 g/mol. The van der Waals surface area contributed by atoms with Gasteiger partial charge >= 0.3 is 0 Å². The van der Waals surface area contributed by atoms with Gasteiger partial charge in [0.15, 0.2) is 0 Å². The van der Waals surface area contributed by atoms with Gasteiger partial charge in [-0.1, -0.05) is 75.7 Å². The Morgan fingerprint density at radius 3 is 1.43 bits per heavy atom. The van der Waals surface area contributed by atoms with Gasteiger partial charge in [-0.25, -0.2) is 0 Å². The van der Waals surface area contributed by atoms with Crippen molar-refractivity contribution in [3.8, 4) is 0 Å². The number of amides is 3. The summed E-state index contributed by atoms with van der Waals surface area (Å²) in [7, 11) is 3.83. The number of hydrogen-bond donors (Lipinski definition) is 2. The summed E-state index contributed by atoms with van der Waals surface area (Å²) in [5.74, 6) is 3.13. The second kappa shape index (κ2) is 31.7. The topological polar surface area (TPSA) is 91.5 Å². The Morgan fingerprint density at radius 2 is 1.08 bits per heavy atom. The number of likely N-dealkylation sites (tertiary alicyclic amines) is 1. The lowest BCUT2D eigenvalue weighted by molar-refractivity contribution is -0.130. The minimum atomic E-state index is -0.131. The van der Waals surface area contributed by atoms with Crippen LogP contribution in [0.1, 0.15) is 123 Å². The Balaban J connectivity index is -0.000000607. The number of rotatable bonds is 18. The van der Waals surface area contributed by atoms with E-state index in [4.69, 9.17) is 0 Å². The smallest absolute Gasteiger partial charge is 0.236 e. The van der Waals surface area contributed by atoms with E-state index in [2.05, 4.69) is 99.5 Å². The van der Waals surface area contributed by atoms with Crippen LogP contribution in [0, 0.1) is 23.7 Å². The van der Waals surface area contributed by atoms with Crippen molar-refractivity contribution in [3.05, 3.63) is 0 Å². The summed E-state index contributed by atoms with van der Waals surface area (Å²) < 4.78 is 0. The van der Waals surface area contributed by atoms with Crippen molar-refractivity contribution in [3.63, 3.8) is 0 Å². The Bertz CT molecular complexity index is 853. The van der Waals surface area contributed by atoms with Gasteiger partial charge in [0.2, 0.25) is 17.7 Å². The van der Waals surface area contributed by atoms with Crippen molar-refractivity contribution in [2.75, 3.05) is 99.2 Å². The molecule has 0 aromatic heterocycles. The summed E-state index contributed by atoms with van der Waals surface area (Å²) >= 11 is 0. The number of carbonyl (C=O) groups excluding carboxylic acids is 3. The van der Waals surface area contributed by atoms with E-state index < -0.39 is 0 Å². The predicted octanol–water partition coefficient (Wildman–Crippen LogP) is 6.16. The van der Waals surface area contributed by atoms with E-state index in [0.29, 0.717) is 37.4 Å². The summed E-state index contributed by atoms with van der Waals surface area (Å²) in [6.45, 7) is 43.6. The van der Waals surface area contributed by atoms with E-state index in [1.807, 2.05) is 48.7 Å². The number of nitrogens with zero attached hydrogens (tertiary/aromatic N) is 5. The third kappa shape index (κ3) is 37.8. The molecule has 0 aliphatic carbocycles. The van der Waals surface area contributed by atoms with E-state index in [1.165, 1.54) is 38.9 Å². The molecule has 0 spiro atoms. The summed E-state index contributed by atoms with van der Waals surface area (Å²) in [5, 5.41) is 5.78. The highest BCUT2D eigenvalue weighted by molar-refractivity contribution is 5.79. The minimum Gasteiger partial charge on any atom is -0.355 e. The Morgan fingerprint density at radius 1 is 0.627 bits per heavy atom. The lowest BCUT2D eigenvalue weighted by atomic mass is 10.1. The highest BCUT2D eigenvalue weighted by atomic mass is 16.2. The van der Waals surface area contributed by atoms with Gasteiger partial charge in [-0.3, -0.25) is 29.1 Å². The fraction of sp³-hybridized carbons (Fsp3) is 0.927. The molecule has 1 aliphatic heterocycles. The first-order valence-corrected chi connectivity index (χ1v) is 20.3. The standard InChI is InChI=1S/C12H26N2O.2C10H22N2O.C9H19N/c1-7-14(8-10(2)3)9-11(15)13-12(4,5)6;1-6-12(5)10(13)8-11(4)7-9(2)3;1-5-11-10(13)8-12(6-2)7-9(3)4;1-9(2)8-10-6-4-3-5-7-10/h10H,7-9H2,1-6H3,(H,13,15);9H,6-8H2,1-5H3;9H,5-8H2,1-4H3,(H,11,13);9H,3-8H2,1-2H3. The third-order valence-corrected chi connectivity index (χ3v) is 7.82. The molecule has 3 amide bonds. The number of carbonyl (C=O) groups is 3. The minimum absolute atomic E-state index is 0.116. The first kappa shape index (κ1) is 53.6. The van der Waals surface area contributed by atoms with E-state index in [9.17, 15) is 14.4 Å². The fourth-order valence-corrected chi connectivity index (χ4v) is 5.63. The first-order valence-electron chi connectivity index (χ1n) is 20.3. The molecular formula is C41H89N7O3. The molecule has 0 bridgehead atoms. The average Bonchev–Trinajstić information content (AvgIpc) is 2.99. The Kier molecular flexibility index (Phi) is 33.4. The van der Waals surface area contributed by atoms with Crippen molar-refractivity contribution in [2.45, 2.75) is 129 Å². The van der Waals surface area contributed by atoms with Crippen LogP contribution < -0.4 is 10.6 Å². The normalized spacial score (nSPS) is 13.5. The maximum Gasteiger partial charge on any atom is 0.236 e. The van der Waals surface area contributed by atoms with E-state index in [0.717, 1.165) is 51.7 Å². The molecule has 1 saturated heterocycles. The molecule has 0 atom stereocenters. The summed E-state index contributed by atoms with van der Waals surface area (Å²) in [6, 6.07) is 0. The van der Waals surface area contributed by atoms with Crippen LogP contribution >= 0.6 is 0 Å². The van der Waals surface area contributed by atoms with Crippen LogP contribution in [0.15, 0.2) is 0 Å². The van der Waals surface area contributed by atoms with Crippen LogP contribution in [0.2, 0.25) is 0 Å². The van der Waals surface area contributed by atoms with Gasteiger partial charge in [0.05, 0.1) is 19.6 Å². The molecular weight excluding hydrogens is 638 g/mol. The molecule has 0 aromatic carbocycles. The van der Waals surface area contributed by atoms with Gasteiger partial charge in [0, 0.05) is 51.9 Å². The Hall–Kier alpha value is -1.75. The SMILES string of the molecule is CC(C)CN1CCCCC1.CCN(C)C(=O)CN(C)CC(C)C.CCN(CC(=O)NC(C)(C)C)CC(C)C.CCNC(=O)CN(CC)CC(C)C. The molecule has 2 N–H and O–H groups in total. The van der Waals surface area contributed by atoms with Gasteiger partial charge < -0.3 is 20.4 Å². The molecule has 10 heteroatoms. The first-order chi connectivity index (χ1) is 23.6. The molecule has 306 valence electrons. The number of nitrogens with one attached hydrogen (secondary N) is 2. The molecule has 0 unspecified atom stereocenters. The highest BCUT2D eigenvalue weighted by Crippen LogP contribution is 2.10. The molecule has 1 aliphatic rings. The molecule has 0 aromatic rings. The van der Waals surface area contributed by atoms with E-state index in [1.54, 1.807) is 4.90 Å². The zero-order valence-corrected chi connectivity index (χ0v) is 37.1. The van der Waals surface area contributed by atoms with E-state index >= 15 is 0 Å². The third-order valence-electron chi connectivity index (χ3n) is 7.82. The second-order valence-corrected chi connectivity index (χ2v) is 16.9. The van der Waals surface area contributed by atoms with Crippen LogP contribution in [0.3, 0.4) is 0 Å². The molecule has 1 heterocycles. The summed E-state index contributed by atoms with van der Waals surface area (Å²) in [6.07, 6.45) is 4.30. The number of hydrogen-bond acceptors (Lipinski definition) is 7. The fourth-order valence-electron chi connectivity index (χ4n) is 5.63. The van der Waals surface area contributed by atoms with Crippen molar-refractivity contribution < 1.29 is 14.4 Å². The van der Waals surface area contributed by atoms with Gasteiger partial charge in [-0.2, -0.15) is 0 Å². The molecule has 1 rings (SSSR count). The Labute approximate surface area is 318 Å². The maximum atomic E-state index is 11.7. The summed E-state index contributed by atoms with van der Waals surface area (Å²) in [4.78, 5) is 45.1. The van der Waals surface area contributed by atoms with Gasteiger partial charge in [-0.05, 0) is 104 Å². The lowest BCUT2D eigenvalue weighted by Gasteiger charge is -2.27. The van der Waals surface area contributed by atoms with Crippen molar-refractivity contribution in [1.29, 1.82) is 0 Å². The van der Waals surface area contributed by atoms with Crippen LogP contribution in [-0.4, -0.2) is 147 Å². The van der Waals surface area contributed by atoms with Gasteiger partial charge in [-0.15, -0.1) is 0 Å². The largest absolute Gasteiger partial charge is 0.355 e. The molecule has 10 nitrogen and oxygen atoms in total. The summed E-state index contributed by atoms with van der Waals surface area (Å²) in [5.41, 5.74) is -0.131. The van der Waals surface area contributed by atoms with E-state index in [-0.39, 0.29) is 23.3 Å². The highest BCUT2D eigenvalue weighted by Gasteiger charge is 2.16. The molecule has 0 radical (unpaired) electrons. The molecule has 51 heavy (non-hydrogen) atoms. The van der Waals surface area contributed by atoms with Crippen molar-refractivity contribution >= 4 is 17.7 Å². The van der Waals surface area contributed by atoms with Crippen LogP contribution in [0.25, 0.3) is 0 Å². The van der Waals surface area contributed by atoms with Gasteiger partial charge in [0.25, 0.3) is 0 Å². The molecule has 0 saturated carbocycles. The van der Waals surface area contributed by atoms with Crippen LogP contribution in [0.5, 0.6) is 0 Å². The van der Waals surface area contributed by atoms with Crippen LogP contribution in [-0.2, 0) is 14.4 Å². The average molecular weight is 728 g/mol.